The molecule has 1 spiro atoms. The Balaban J connectivity index is 1.47. The van der Waals surface area contributed by atoms with Gasteiger partial charge in [0.1, 0.15) is 5.60 Å². The molecule has 0 aliphatic carbocycles. The summed E-state index contributed by atoms with van der Waals surface area (Å²) in [6, 6.07) is 0.0678. The van der Waals surface area contributed by atoms with Gasteiger partial charge >= 0.3 is 6.09 Å². The standard InChI is InChI=1S/C17H29N3O3/c1-16(2,3)23-15(22)19-9-6-17(7-10-19)11-20(12-17)13-5-4-8-18-14(13)21/h13H,4-12H2,1-3H3,(H,18,21)/t13-/m0/s1. The first-order valence-electron chi connectivity index (χ1n) is 8.78. The minimum atomic E-state index is -0.437. The van der Waals surface area contributed by atoms with E-state index in [0.717, 1.165) is 58.4 Å². The first kappa shape index (κ1) is 16.6. The Morgan fingerprint density at radius 3 is 2.48 bits per heavy atom. The van der Waals surface area contributed by atoms with Crippen molar-refractivity contribution in [2.45, 2.75) is 58.1 Å². The van der Waals surface area contributed by atoms with Gasteiger partial charge in [0, 0.05) is 32.7 Å². The van der Waals surface area contributed by atoms with Gasteiger partial charge in [-0.15, -0.1) is 0 Å². The fraction of sp³-hybridized carbons (Fsp3) is 0.882. The molecule has 130 valence electrons. The Morgan fingerprint density at radius 2 is 1.91 bits per heavy atom. The quantitative estimate of drug-likeness (QED) is 0.796. The Hall–Kier alpha value is -1.30. The summed E-state index contributed by atoms with van der Waals surface area (Å²) in [6.07, 6.45) is 3.88. The average Bonchev–Trinajstić information content (AvgIpc) is 2.44. The van der Waals surface area contributed by atoms with Crippen molar-refractivity contribution < 1.29 is 14.3 Å². The number of carbonyl (C=O) groups excluding carboxylic acids is 2. The molecule has 3 fully saturated rings. The highest BCUT2D eigenvalue weighted by Crippen LogP contribution is 2.42. The van der Waals surface area contributed by atoms with E-state index < -0.39 is 5.60 Å². The molecule has 0 aromatic heterocycles. The van der Waals surface area contributed by atoms with Crippen LogP contribution in [0.5, 0.6) is 0 Å². The molecule has 3 aliphatic heterocycles. The van der Waals surface area contributed by atoms with Crippen LogP contribution in [-0.2, 0) is 9.53 Å². The average molecular weight is 323 g/mol. The largest absolute Gasteiger partial charge is 0.444 e. The third kappa shape index (κ3) is 3.62. The summed E-state index contributed by atoms with van der Waals surface area (Å²) in [5.74, 6) is 0.192. The second kappa shape index (κ2) is 5.96. The maximum absolute atomic E-state index is 12.1. The normalized spacial score (nSPS) is 28.2. The van der Waals surface area contributed by atoms with Crippen LogP contribution in [-0.4, -0.2) is 66.2 Å². The summed E-state index contributed by atoms with van der Waals surface area (Å²) in [5.41, 5.74) is -0.135. The van der Waals surface area contributed by atoms with Crippen LogP contribution in [0, 0.1) is 5.41 Å². The molecular weight excluding hydrogens is 294 g/mol. The molecule has 0 aromatic carbocycles. The maximum atomic E-state index is 12.1. The van der Waals surface area contributed by atoms with E-state index in [9.17, 15) is 9.59 Å². The van der Waals surface area contributed by atoms with Gasteiger partial charge in [-0.05, 0) is 51.9 Å². The van der Waals surface area contributed by atoms with Gasteiger partial charge in [-0.25, -0.2) is 4.79 Å². The molecule has 1 N–H and O–H groups in total. The molecular formula is C17H29N3O3. The molecule has 6 heteroatoms. The Labute approximate surface area is 138 Å². The second-order valence-electron chi connectivity index (χ2n) is 8.32. The van der Waals surface area contributed by atoms with Crippen LogP contribution < -0.4 is 5.32 Å². The Kier molecular flexibility index (Phi) is 4.29. The molecule has 3 saturated heterocycles. The van der Waals surface area contributed by atoms with Crippen molar-refractivity contribution in [3.05, 3.63) is 0 Å². The van der Waals surface area contributed by atoms with Crippen LogP contribution in [0.2, 0.25) is 0 Å². The molecule has 1 atom stereocenters. The van der Waals surface area contributed by atoms with Crippen molar-refractivity contribution in [2.24, 2.45) is 5.41 Å². The van der Waals surface area contributed by atoms with Crippen LogP contribution >= 0.6 is 0 Å². The lowest BCUT2D eigenvalue weighted by atomic mass is 9.71. The number of likely N-dealkylation sites (tertiary alicyclic amines) is 2. The number of ether oxygens (including phenoxy) is 1. The van der Waals surface area contributed by atoms with E-state index in [-0.39, 0.29) is 18.0 Å². The minimum Gasteiger partial charge on any atom is -0.444 e. The first-order chi connectivity index (χ1) is 10.8. The summed E-state index contributed by atoms with van der Waals surface area (Å²) in [6.45, 7) is 10.0. The van der Waals surface area contributed by atoms with Gasteiger partial charge in [0.05, 0.1) is 6.04 Å². The van der Waals surface area contributed by atoms with Crippen molar-refractivity contribution in [1.29, 1.82) is 0 Å². The molecule has 0 bridgehead atoms. The molecule has 2 amide bonds. The van der Waals surface area contributed by atoms with Crippen LogP contribution in [0.3, 0.4) is 0 Å². The summed E-state index contributed by atoms with van der Waals surface area (Å²) in [7, 11) is 0. The molecule has 0 saturated carbocycles. The van der Waals surface area contributed by atoms with E-state index in [1.54, 1.807) is 0 Å². The van der Waals surface area contributed by atoms with Gasteiger partial charge in [0.25, 0.3) is 0 Å². The molecule has 3 heterocycles. The van der Waals surface area contributed by atoms with Crippen molar-refractivity contribution >= 4 is 12.0 Å². The first-order valence-corrected chi connectivity index (χ1v) is 8.78. The second-order valence-corrected chi connectivity index (χ2v) is 8.32. The fourth-order valence-corrected chi connectivity index (χ4v) is 3.95. The number of piperidine rings is 2. The van der Waals surface area contributed by atoms with Gasteiger partial charge < -0.3 is 15.0 Å². The third-order valence-electron chi connectivity index (χ3n) is 5.25. The zero-order chi connectivity index (χ0) is 16.7. The van der Waals surface area contributed by atoms with Crippen molar-refractivity contribution in [3.8, 4) is 0 Å². The number of rotatable bonds is 1. The van der Waals surface area contributed by atoms with E-state index >= 15 is 0 Å². The smallest absolute Gasteiger partial charge is 0.410 e. The number of amides is 2. The van der Waals surface area contributed by atoms with Crippen molar-refractivity contribution in [3.63, 3.8) is 0 Å². The molecule has 3 rings (SSSR count). The summed E-state index contributed by atoms with van der Waals surface area (Å²) >= 11 is 0. The molecule has 3 aliphatic rings. The van der Waals surface area contributed by atoms with Crippen LogP contribution in [0.1, 0.15) is 46.5 Å². The molecule has 0 aromatic rings. The highest BCUT2D eigenvalue weighted by Gasteiger charge is 2.49. The number of carbonyl (C=O) groups is 2. The van der Waals surface area contributed by atoms with E-state index in [0.29, 0.717) is 5.41 Å². The topological polar surface area (TPSA) is 61.9 Å². The fourth-order valence-electron chi connectivity index (χ4n) is 3.95. The number of hydrogen-bond acceptors (Lipinski definition) is 4. The monoisotopic (exact) mass is 323 g/mol. The predicted octanol–water partition coefficient (Wildman–Crippen LogP) is 1.60. The van der Waals surface area contributed by atoms with Crippen molar-refractivity contribution in [1.82, 2.24) is 15.1 Å². The predicted molar refractivity (Wildman–Crippen MR) is 87.1 cm³/mol. The third-order valence-corrected chi connectivity index (χ3v) is 5.25. The number of nitrogens with zero attached hydrogens (tertiary/aromatic N) is 2. The van der Waals surface area contributed by atoms with Gasteiger partial charge in [-0.3, -0.25) is 9.69 Å². The highest BCUT2D eigenvalue weighted by molar-refractivity contribution is 5.82. The Bertz CT molecular complexity index is 470. The van der Waals surface area contributed by atoms with Gasteiger partial charge in [-0.1, -0.05) is 0 Å². The summed E-state index contributed by atoms with van der Waals surface area (Å²) in [4.78, 5) is 28.2. The molecule has 6 nitrogen and oxygen atoms in total. The minimum absolute atomic E-state index is 0.0678. The zero-order valence-electron chi connectivity index (χ0n) is 14.6. The molecule has 23 heavy (non-hydrogen) atoms. The summed E-state index contributed by atoms with van der Waals surface area (Å²) in [5, 5.41) is 2.97. The van der Waals surface area contributed by atoms with Crippen molar-refractivity contribution in [2.75, 3.05) is 32.7 Å². The van der Waals surface area contributed by atoms with Gasteiger partial charge in [0.2, 0.25) is 5.91 Å². The number of nitrogens with one attached hydrogen (secondary N) is 1. The van der Waals surface area contributed by atoms with E-state index in [2.05, 4.69) is 10.2 Å². The highest BCUT2D eigenvalue weighted by atomic mass is 16.6. The van der Waals surface area contributed by atoms with Gasteiger partial charge in [0.15, 0.2) is 0 Å². The zero-order valence-corrected chi connectivity index (χ0v) is 14.6. The van der Waals surface area contributed by atoms with Crippen LogP contribution in [0.4, 0.5) is 4.79 Å². The van der Waals surface area contributed by atoms with E-state index in [1.807, 2.05) is 25.7 Å². The van der Waals surface area contributed by atoms with E-state index in [4.69, 9.17) is 4.74 Å². The molecule has 0 unspecified atom stereocenters. The lowest BCUT2D eigenvalue weighted by molar-refractivity contribution is -0.137. The van der Waals surface area contributed by atoms with Gasteiger partial charge in [-0.2, -0.15) is 0 Å². The maximum Gasteiger partial charge on any atom is 0.410 e. The van der Waals surface area contributed by atoms with Crippen LogP contribution in [0.25, 0.3) is 0 Å². The summed E-state index contributed by atoms with van der Waals surface area (Å²) < 4.78 is 5.45. The lowest BCUT2D eigenvalue weighted by Crippen LogP contribution is -2.66. The molecule has 0 radical (unpaired) electrons. The Morgan fingerprint density at radius 1 is 1.26 bits per heavy atom. The SMILES string of the molecule is CC(C)(C)OC(=O)N1CCC2(CC1)CN([C@H]1CCCNC1=O)C2. The number of hydrogen-bond donors (Lipinski definition) is 1. The van der Waals surface area contributed by atoms with E-state index in [1.165, 1.54) is 0 Å². The van der Waals surface area contributed by atoms with Crippen LogP contribution in [0.15, 0.2) is 0 Å². The lowest BCUT2D eigenvalue weighted by Gasteiger charge is -2.56.